The average molecular weight is 572 g/mol. The largest absolute Gasteiger partial charge is 0.264 e. The number of nitrogens with zero attached hydrogens (tertiary/aromatic N) is 2. The van der Waals surface area contributed by atoms with Crippen LogP contribution in [0, 0.1) is 13.1 Å². The first-order valence-electron chi connectivity index (χ1n) is 7.44. The van der Waals surface area contributed by atoms with Gasteiger partial charge in [-0.3, -0.25) is 4.21 Å². The van der Waals surface area contributed by atoms with Gasteiger partial charge >= 0.3 is 0 Å². The first-order chi connectivity index (χ1) is 13.6. The van der Waals surface area contributed by atoms with Crippen LogP contribution in [0.15, 0.2) is 43.0 Å². The number of benzene rings is 2. The van der Waals surface area contributed by atoms with Crippen molar-refractivity contribution in [3.05, 3.63) is 67.2 Å². The van der Waals surface area contributed by atoms with Crippen molar-refractivity contribution in [3.63, 3.8) is 0 Å². The van der Waals surface area contributed by atoms with Crippen molar-refractivity contribution in [2.24, 2.45) is 0 Å². The van der Waals surface area contributed by atoms with Gasteiger partial charge in [-0.05, 0) is 6.26 Å². The number of halogens is 6. The van der Waals surface area contributed by atoms with Gasteiger partial charge in [0.25, 0.3) is 12.9 Å². The molecule has 0 fully saturated rings. The Morgan fingerprint density at radius 1 is 0.931 bits per heavy atom. The summed E-state index contributed by atoms with van der Waals surface area (Å²) in [6, 6.07) is 5.76. The fraction of sp³-hybridized carbons (Fsp3) is 0.222. The number of thioether (sulfide) groups is 1. The van der Waals surface area contributed by atoms with Crippen LogP contribution in [-0.2, 0) is 10.8 Å². The zero-order valence-electron chi connectivity index (χ0n) is 14.9. The highest BCUT2D eigenvalue weighted by Gasteiger charge is 2.22. The van der Waals surface area contributed by atoms with Crippen LogP contribution in [-0.4, -0.2) is 16.7 Å². The minimum atomic E-state index is -2.75. The van der Waals surface area contributed by atoms with Crippen LogP contribution in [0.2, 0.25) is 0 Å². The van der Waals surface area contributed by atoms with Crippen LogP contribution >= 0.6 is 43.6 Å². The van der Waals surface area contributed by atoms with Crippen molar-refractivity contribution in [2.75, 3.05) is 12.5 Å². The molecule has 0 saturated carbocycles. The summed E-state index contributed by atoms with van der Waals surface area (Å²) in [6.45, 7) is 13.7. The number of rotatable bonds is 4. The molecule has 1 atom stereocenters. The minimum absolute atomic E-state index is 0.00864. The molecule has 0 spiro atoms. The lowest BCUT2D eigenvalue weighted by molar-refractivity contribution is 0.147. The van der Waals surface area contributed by atoms with Crippen LogP contribution in [0.3, 0.4) is 0 Å². The predicted molar refractivity (Wildman–Crippen MR) is 115 cm³/mol. The molecule has 0 aliphatic carbocycles. The molecule has 0 aliphatic heterocycles. The van der Waals surface area contributed by atoms with Crippen molar-refractivity contribution in [3.8, 4) is 0 Å². The van der Waals surface area contributed by atoms with Crippen molar-refractivity contribution in [2.45, 2.75) is 22.6 Å². The fourth-order valence-corrected chi connectivity index (χ4v) is 5.16. The van der Waals surface area contributed by atoms with Crippen molar-refractivity contribution in [1.29, 1.82) is 0 Å². The van der Waals surface area contributed by atoms with E-state index in [-0.39, 0.29) is 31.9 Å². The van der Waals surface area contributed by atoms with Gasteiger partial charge < -0.3 is 0 Å². The molecular weight excluding hydrogens is 560 g/mol. The molecular formula is C18H12Br2F4N2OS2. The van der Waals surface area contributed by atoms with Crippen molar-refractivity contribution >= 4 is 65.8 Å². The van der Waals surface area contributed by atoms with Gasteiger partial charge in [0.1, 0.15) is 0 Å². The Kier molecular flexibility index (Phi) is 10.3. The van der Waals surface area contributed by atoms with E-state index in [4.69, 9.17) is 13.1 Å². The lowest BCUT2D eigenvalue weighted by Gasteiger charge is -2.10. The molecule has 0 aliphatic rings. The molecule has 154 valence electrons. The van der Waals surface area contributed by atoms with E-state index in [0.29, 0.717) is 9.37 Å². The Balaban J connectivity index is 0.000000291. The molecule has 29 heavy (non-hydrogen) atoms. The average Bonchev–Trinajstić information content (AvgIpc) is 2.66. The van der Waals surface area contributed by atoms with Gasteiger partial charge in [-0.1, -0.05) is 56.1 Å². The molecule has 1 unspecified atom stereocenters. The van der Waals surface area contributed by atoms with E-state index in [9.17, 15) is 21.8 Å². The van der Waals surface area contributed by atoms with Gasteiger partial charge in [0, 0.05) is 42.0 Å². The van der Waals surface area contributed by atoms with Gasteiger partial charge in [0.15, 0.2) is 0 Å². The van der Waals surface area contributed by atoms with E-state index in [1.807, 2.05) is 0 Å². The molecule has 11 heteroatoms. The standard InChI is InChI=1S/C9H6BrF2NOS.C9H6BrF2NS/c1-13-6-4-3-5(10)7(9(11)12)8(6)15(2)14;1-13-6-4-3-5(10)7(9(11)12)8(6)14-2/h3-4,9H,2H3;3-4,9H,2H3. The van der Waals surface area contributed by atoms with Gasteiger partial charge in [0.05, 0.1) is 18.0 Å². The van der Waals surface area contributed by atoms with Crippen LogP contribution < -0.4 is 0 Å². The highest BCUT2D eigenvalue weighted by atomic mass is 79.9. The van der Waals surface area contributed by atoms with E-state index in [0.717, 1.165) is 0 Å². The molecule has 0 radical (unpaired) electrons. The van der Waals surface area contributed by atoms with Crippen LogP contribution in [0.4, 0.5) is 28.9 Å². The van der Waals surface area contributed by atoms with Crippen LogP contribution in [0.5, 0.6) is 0 Å². The monoisotopic (exact) mass is 570 g/mol. The smallest absolute Gasteiger partial charge is 0.256 e. The molecule has 0 heterocycles. The molecule has 2 aromatic carbocycles. The quantitative estimate of drug-likeness (QED) is 0.209. The molecule has 0 aromatic heterocycles. The topological polar surface area (TPSA) is 25.8 Å². The number of hydrogen-bond donors (Lipinski definition) is 0. The minimum Gasteiger partial charge on any atom is -0.256 e. The zero-order chi connectivity index (χ0) is 22.3. The highest BCUT2D eigenvalue weighted by molar-refractivity contribution is 9.10. The fourth-order valence-electron chi connectivity index (χ4n) is 2.23. The summed E-state index contributed by atoms with van der Waals surface area (Å²) in [7, 11) is -1.61. The van der Waals surface area contributed by atoms with Gasteiger partial charge in [-0.15, -0.1) is 11.8 Å². The van der Waals surface area contributed by atoms with Crippen molar-refractivity contribution in [1.82, 2.24) is 0 Å². The Morgan fingerprint density at radius 3 is 1.76 bits per heavy atom. The maximum Gasteiger partial charge on any atom is 0.264 e. The molecule has 0 N–H and O–H groups in total. The zero-order valence-corrected chi connectivity index (χ0v) is 19.7. The molecule has 3 nitrogen and oxygen atoms in total. The summed E-state index contributed by atoms with van der Waals surface area (Å²) >= 11 is 7.18. The van der Waals surface area contributed by atoms with E-state index >= 15 is 0 Å². The Morgan fingerprint density at radius 2 is 1.38 bits per heavy atom. The van der Waals surface area contributed by atoms with E-state index < -0.39 is 23.7 Å². The first-order valence-corrected chi connectivity index (χ1v) is 11.8. The van der Waals surface area contributed by atoms with Gasteiger partial charge in [-0.25, -0.2) is 27.3 Å². The van der Waals surface area contributed by atoms with Crippen molar-refractivity contribution < 1.29 is 21.8 Å². The summed E-state index contributed by atoms with van der Waals surface area (Å²) < 4.78 is 62.5. The maximum atomic E-state index is 12.7. The normalized spacial score (nSPS) is 11.4. The molecule has 2 rings (SSSR count). The maximum absolute atomic E-state index is 12.7. The molecule has 0 saturated heterocycles. The molecule has 0 amide bonds. The van der Waals surface area contributed by atoms with Crippen LogP contribution in [0.25, 0.3) is 9.69 Å². The summed E-state index contributed by atoms with van der Waals surface area (Å²) in [5.41, 5.74) is -0.166. The number of alkyl halides is 4. The highest BCUT2D eigenvalue weighted by Crippen LogP contribution is 2.41. The second-order valence-corrected chi connectivity index (χ2v) is 8.94. The van der Waals surface area contributed by atoms with Gasteiger partial charge in [-0.2, -0.15) is 0 Å². The lowest BCUT2D eigenvalue weighted by atomic mass is 10.2. The summed E-state index contributed by atoms with van der Waals surface area (Å²) in [5.74, 6) is 0. The SMILES string of the molecule is [C-]#[N+]c1ccc(Br)c(C(F)F)c1S(C)=O.[C-]#[N+]c1ccc(Br)c(C(F)F)c1SC. The summed E-state index contributed by atoms with van der Waals surface area (Å²) in [4.78, 5) is 6.54. The second kappa shape index (κ2) is 11.7. The van der Waals surface area contributed by atoms with E-state index in [2.05, 4.69) is 41.5 Å². The Bertz CT molecular complexity index is 1000. The molecule has 0 bridgehead atoms. The summed E-state index contributed by atoms with van der Waals surface area (Å²) in [5, 5.41) is 0. The lowest BCUT2D eigenvalue weighted by Crippen LogP contribution is -1.98. The number of hydrogen-bond acceptors (Lipinski definition) is 2. The Hall–Kier alpha value is -1.40. The first kappa shape index (κ1) is 25.6. The van der Waals surface area contributed by atoms with Gasteiger partial charge in [0.2, 0.25) is 11.4 Å². The third kappa shape index (κ3) is 6.29. The van der Waals surface area contributed by atoms with E-state index in [1.54, 1.807) is 6.26 Å². The predicted octanol–water partition coefficient (Wildman–Crippen LogP) is 8.33. The van der Waals surface area contributed by atoms with Crippen LogP contribution in [0.1, 0.15) is 24.0 Å². The third-order valence-electron chi connectivity index (χ3n) is 3.41. The third-order valence-corrected chi connectivity index (χ3v) is 6.64. The molecule has 2 aromatic rings. The second-order valence-electron chi connectivity index (χ2n) is 5.10. The summed E-state index contributed by atoms with van der Waals surface area (Å²) in [6.07, 6.45) is -2.35. The Labute approximate surface area is 189 Å². The van der Waals surface area contributed by atoms with E-state index in [1.165, 1.54) is 42.3 Å².